The van der Waals surface area contributed by atoms with E-state index in [9.17, 15) is 9.59 Å². The van der Waals surface area contributed by atoms with Crippen LogP contribution in [0, 0.1) is 0 Å². The third kappa shape index (κ3) is 6.56. The smallest absolute Gasteiger partial charge is 0.266 e. The minimum absolute atomic E-state index is 0.140. The van der Waals surface area contributed by atoms with Gasteiger partial charge >= 0.3 is 0 Å². The highest BCUT2D eigenvalue weighted by Crippen LogP contribution is 2.35. The second-order valence-corrected chi connectivity index (χ2v) is 11.0. The number of hydrogen-bond acceptors (Lipinski definition) is 8. The number of alkyl halides is 1. The fourth-order valence-corrected chi connectivity index (χ4v) is 5.96. The summed E-state index contributed by atoms with van der Waals surface area (Å²) in [6.45, 7) is 0.374. The quantitative estimate of drug-likeness (QED) is 0.253. The zero-order chi connectivity index (χ0) is 23.9. The van der Waals surface area contributed by atoms with Crippen LogP contribution in [0.2, 0.25) is 0 Å². The number of halogens is 1. The number of para-hydroxylation sites is 1. The Morgan fingerprint density at radius 1 is 1.26 bits per heavy atom. The molecule has 0 bridgehead atoms. The van der Waals surface area contributed by atoms with Crippen LogP contribution in [0.1, 0.15) is 55.5 Å². The molecule has 1 aromatic carbocycles. The Bertz CT molecular complexity index is 1080. The molecule has 0 radical (unpaired) electrons. The van der Waals surface area contributed by atoms with Crippen molar-refractivity contribution in [3.05, 3.63) is 39.7 Å². The number of aromatic nitrogens is 2. The van der Waals surface area contributed by atoms with Gasteiger partial charge in [0.15, 0.2) is 0 Å². The number of carbonyl (C=O) groups is 2. The van der Waals surface area contributed by atoms with Gasteiger partial charge in [0.1, 0.15) is 15.1 Å². The van der Waals surface area contributed by atoms with Crippen LogP contribution in [0.15, 0.2) is 29.2 Å². The predicted molar refractivity (Wildman–Crippen MR) is 141 cm³/mol. The Labute approximate surface area is 217 Å². The molecule has 0 spiro atoms. The van der Waals surface area contributed by atoms with Crippen molar-refractivity contribution in [1.82, 2.24) is 15.1 Å². The molecule has 34 heavy (non-hydrogen) atoms. The standard InChI is InChI=1S/C23H25ClN4O3S3/c24-14-20-26-27-22(34-20)25-19(29)11-6-12-28-21(30)18(33-23(28)32)13-15-7-4-5-10-17(15)31-16-8-2-1-3-9-16/h4-5,7,10,13,16H,1-3,6,8-9,11-12,14H2,(H,25,27,29)/b18-13-. The molecule has 180 valence electrons. The van der Waals surface area contributed by atoms with E-state index in [2.05, 4.69) is 15.5 Å². The van der Waals surface area contributed by atoms with Gasteiger partial charge in [-0.2, -0.15) is 0 Å². The first-order valence-electron chi connectivity index (χ1n) is 11.2. The molecule has 2 aliphatic rings. The van der Waals surface area contributed by atoms with Gasteiger partial charge in [-0.15, -0.1) is 21.8 Å². The van der Waals surface area contributed by atoms with Crippen molar-refractivity contribution in [2.75, 3.05) is 11.9 Å². The number of amides is 2. The summed E-state index contributed by atoms with van der Waals surface area (Å²) in [5.74, 6) is 0.725. The number of thioether (sulfide) groups is 1. The molecular formula is C23H25ClN4O3S3. The lowest BCUT2D eigenvalue weighted by Gasteiger charge is -2.23. The lowest BCUT2D eigenvalue weighted by molar-refractivity contribution is -0.122. The summed E-state index contributed by atoms with van der Waals surface area (Å²) >= 11 is 13.7. The largest absolute Gasteiger partial charge is 0.490 e. The topological polar surface area (TPSA) is 84.4 Å². The monoisotopic (exact) mass is 536 g/mol. The Kier molecular flexibility index (Phi) is 8.93. The predicted octanol–water partition coefficient (Wildman–Crippen LogP) is 5.61. The fraction of sp³-hybridized carbons (Fsp3) is 0.435. The second kappa shape index (κ2) is 12.1. The Morgan fingerprint density at radius 3 is 2.82 bits per heavy atom. The highest BCUT2D eigenvalue weighted by atomic mass is 35.5. The van der Waals surface area contributed by atoms with Gasteiger partial charge in [0, 0.05) is 18.5 Å². The molecule has 1 aromatic heterocycles. The summed E-state index contributed by atoms with van der Waals surface area (Å²) in [5, 5.41) is 11.5. The van der Waals surface area contributed by atoms with Crippen molar-refractivity contribution in [3.8, 4) is 5.75 Å². The molecule has 2 fully saturated rings. The molecular weight excluding hydrogens is 512 g/mol. The first-order chi connectivity index (χ1) is 16.5. The van der Waals surface area contributed by atoms with Crippen molar-refractivity contribution >= 4 is 74.3 Å². The van der Waals surface area contributed by atoms with Crippen LogP contribution in [-0.2, 0) is 15.5 Å². The molecule has 1 saturated heterocycles. The normalized spacial score (nSPS) is 18.0. The Morgan fingerprint density at radius 2 is 2.06 bits per heavy atom. The third-order valence-electron chi connectivity index (χ3n) is 5.54. The van der Waals surface area contributed by atoms with Crippen molar-refractivity contribution in [3.63, 3.8) is 0 Å². The van der Waals surface area contributed by atoms with E-state index < -0.39 is 0 Å². The first-order valence-corrected chi connectivity index (χ1v) is 13.8. The molecule has 1 aliphatic carbocycles. The van der Waals surface area contributed by atoms with Crippen LogP contribution in [0.25, 0.3) is 6.08 Å². The fourth-order valence-electron chi connectivity index (χ4n) is 3.84. The summed E-state index contributed by atoms with van der Waals surface area (Å²) in [6, 6.07) is 7.79. The summed E-state index contributed by atoms with van der Waals surface area (Å²) < 4.78 is 6.76. The summed E-state index contributed by atoms with van der Waals surface area (Å²) in [4.78, 5) is 27.3. The average Bonchev–Trinajstić information content (AvgIpc) is 3.40. The third-order valence-corrected chi connectivity index (χ3v) is 8.17. The second-order valence-electron chi connectivity index (χ2n) is 8.04. The van der Waals surface area contributed by atoms with E-state index in [0.29, 0.717) is 32.3 Å². The maximum Gasteiger partial charge on any atom is 0.266 e. The summed E-state index contributed by atoms with van der Waals surface area (Å²) in [5.41, 5.74) is 0.876. The van der Waals surface area contributed by atoms with E-state index in [1.807, 2.05) is 30.3 Å². The zero-order valence-corrected chi connectivity index (χ0v) is 21.7. The molecule has 1 aliphatic heterocycles. The zero-order valence-electron chi connectivity index (χ0n) is 18.5. The highest BCUT2D eigenvalue weighted by Gasteiger charge is 2.32. The average molecular weight is 537 g/mol. The van der Waals surface area contributed by atoms with E-state index in [-0.39, 0.29) is 30.2 Å². The maximum absolute atomic E-state index is 13.0. The van der Waals surface area contributed by atoms with Crippen LogP contribution in [0.5, 0.6) is 5.75 Å². The van der Waals surface area contributed by atoms with E-state index in [0.717, 1.165) is 24.2 Å². The number of benzene rings is 1. The van der Waals surface area contributed by atoms with Crippen molar-refractivity contribution in [2.45, 2.75) is 56.9 Å². The molecule has 0 atom stereocenters. The van der Waals surface area contributed by atoms with Crippen molar-refractivity contribution in [2.24, 2.45) is 0 Å². The number of hydrogen-bond donors (Lipinski definition) is 1. The number of thiocarbonyl (C=S) groups is 1. The molecule has 2 aromatic rings. The minimum Gasteiger partial charge on any atom is -0.490 e. The molecule has 1 saturated carbocycles. The van der Waals surface area contributed by atoms with Gasteiger partial charge in [0.2, 0.25) is 11.0 Å². The maximum atomic E-state index is 13.0. The van der Waals surface area contributed by atoms with Gasteiger partial charge in [-0.3, -0.25) is 14.5 Å². The molecule has 0 unspecified atom stereocenters. The van der Waals surface area contributed by atoms with Gasteiger partial charge < -0.3 is 10.1 Å². The van der Waals surface area contributed by atoms with E-state index in [4.69, 9.17) is 28.6 Å². The molecule has 2 heterocycles. The lowest BCUT2D eigenvalue weighted by Crippen LogP contribution is -2.29. The molecule has 2 amide bonds. The van der Waals surface area contributed by atoms with Gasteiger partial charge in [-0.05, 0) is 44.2 Å². The van der Waals surface area contributed by atoms with Crippen LogP contribution in [0.4, 0.5) is 5.13 Å². The molecule has 11 heteroatoms. The molecule has 7 nitrogen and oxygen atoms in total. The van der Waals surface area contributed by atoms with Gasteiger partial charge in [0.25, 0.3) is 5.91 Å². The Hall–Kier alpha value is -2.01. The number of nitrogens with one attached hydrogen (secondary N) is 1. The van der Waals surface area contributed by atoms with E-state index in [1.54, 1.807) is 4.90 Å². The summed E-state index contributed by atoms with van der Waals surface area (Å²) in [7, 11) is 0. The number of ether oxygens (including phenoxy) is 1. The number of anilines is 1. The lowest BCUT2D eigenvalue weighted by atomic mass is 9.97. The van der Waals surface area contributed by atoms with Gasteiger partial charge in [-0.1, -0.05) is 59.9 Å². The SMILES string of the molecule is O=C(CCCN1C(=O)/C(=C/c2ccccc2OC2CCCCC2)SC1=S)Nc1nnc(CCl)s1. The van der Waals surface area contributed by atoms with Crippen LogP contribution in [0.3, 0.4) is 0 Å². The van der Waals surface area contributed by atoms with Crippen LogP contribution < -0.4 is 10.1 Å². The van der Waals surface area contributed by atoms with Crippen LogP contribution >= 0.6 is 46.9 Å². The van der Waals surface area contributed by atoms with Gasteiger partial charge in [-0.25, -0.2) is 0 Å². The molecule has 1 N–H and O–H groups in total. The van der Waals surface area contributed by atoms with E-state index in [1.165, 1.54) is 42.4 Å². The van der Waals surface area contributed by atoms with Crippen molar-refractivity contribution < 1.29 is 14.3 Å². The number of rotatable bonds is 9. The minimum atomic E-state index is -0.188. The van der Waals surface area contributed by atoms with Crippen LogP contribution in [-0.4, -0.2) is 43.9 Å². The summed E-state index contributed by atoms with van der Waals surface area (Å²) in [6.07, 6.45) is 8.59. The Balaban J connectivity index is 1.33. The van der Waals surface area contributed by atoms with Gasteiger partial charge in [0.05, 0.1) is 16.9 Å². The highest BCUT2D eigenvalue weighted by molar-refractivity contribution is 8.26. The number of carbonyl (C=O) groups excluding carboxylic acids is 2. The van der Waals surface area contributed by atoms with Crippen molar-refractivity contribution in [1.29, 1.82) is 0 Å². The number of nitrogens with zero attached hydrogens (tertiary/aromatic N) is 3. The first kappa shape index (κ1) is 25.1. The molecule has 4 rings (SSSR count). The van der Waals surface area contributed by atoms with E-state index >= 15 is 0 Å².